The highest BCUT2D eigenvalue weighted by Crippen LogP contribution is 1.79. The second kappa shape index (κ2) is 12.5. The minimum Gasteiger partial charge on any atom is -0.465 e. The molecule has 68 valence electrons. The molecule has 1 aromatic rings. The Labute approximate surface area is 76.8 Å². The van der Waals surface area contributed by atoms with E-state index >= 15 is 0 Å². The fourth-order valence-corrected chi connectivity index (χ4v) is 0.385. The molecule has 0 radical (unpaired) electrons. The summed E-state index contributed by atoms with van der Waals surface area (Å²) in [6.07, 6.45) is 0.139. The molecule has 0 saturated heterocycles. The topological polar surface area (TPSA) is 63.3 Å². The number of rotatable bonds is 0. The van der Waals surface area contributed by atoms with Gasteiger partial charge < -0.3 is 10.8 Å². The lowest BCUT2D eigenvalue weighted by atomic mass is 10.4. The van der Waals surface area contributed by atoms with Crippen LogP contribution < -0.4 is 5.73 Å². The summed E-state index contributed by atoms with van der Waals surface area (Å²) in [7, 11) is 0. The van der Waals surface area contributed by atoms with Crippen LogP contribution in [-0.4, -0.2) is 17.6 Å². The average molecular weight is 190 g/mol. The highest BCUT2D eigenvalue weighted by atomic mass is 35.5. The predicted molar refractivity (Wildman–Crippen MR) is 50.4 cm³/mol. The molecule has 0 spiro atoms. The maximum atomic E-state index is 8.78. The molecule has 0 fully saturated rings. The van der Waals surface area contributed by atoms with Gasteiger partial charge in [-0.2, -0.15) is 0 Å². The zero-order valence-corrected chi connectivity index (χ0v) is 7.53. The van der Waals surface area contributed by atoms with Gasteiger partial charge in [0.2, 0.25) is 0 Å². The molecule has 0 unspecified atom stereocenters. The van der Waals surface area contributed by atoms with Crippen molar-refractivity contribution in [2.75, 3.05) is 6.38 Å². The maximum absolute atomic E-state index is 8.78. The quantitative estimate of drug-likeness (QED) is 0.615. The summed E-state index contributed by atoms with van der Waals surface area (Å²) in [5.41, 5.74) is 4.03. The monoisotopic (exact) mass is 189 g/mol. The van der Waals surface area contributed by atoms with Crippen molar-refractivity contribution in [3.05, 3.63) is 36.4 Å². The van der Waals surface area contributed by atoms with Gasteiger partial charge >= 0.3 is 6.09 Å². The lowest BCUT2D eigenvalue weighted by Crippen LogP contribution is -2.03. The molecule has 0 aliphatic heterocycles. The molecular weight excluding hydrogens is 178 g/mol. The molecule has 0 aromatic heterocycles. The first kappa shape index (κ1) is 13.4. The molecule has 0 aliphatic rings. The van der Waals surface area contributed by atoms with Crippen molar-refractivity contribution in [3.63, 3.8) is 0 Å². The fourth-order valence-electron chi connectivity index (χ4n) is 0.385. The minimum absolute atomic E-state index is 1.33. The number of primary amides is 1. The number of benzene rings is 1. The van der Waals surface area contributed by atoms with Crippen LogP contribution in [0.3, 0.4) is 0 Å². The van der Waals surface area contributed by atoms with Gasteiger partial charge in [0.1, 0.15) is 0 Å². The van der Waals surface area contributed by atoms with E-state index in [4.69, 9.17) is 9.90 Å². The van der Waals surface area contributed by atoms with E-state index in [0.717, 1.165) is 0 Å². The molecule has 3 nitrogen and oxygen atoms in total. The van der Waals surface area contributed by atoms with Crippen LogP contribution in [0.15, 0.2) is 36.4 Å². The van der Waals surface area contributed by atoms with Gasteiger partial charge in [-0.15, -0.1) is 11.6 Å². The Hall–Kier alpha value is -1.22. The summed E-state index contributed by atoms with van der Waals surface area (Å²) in [6.45, 7) is 0. The van der Waals surface area contributed by atoms with Crippen LogP contribution in [0.5, 0.6) is 0 Å². The highest BCUT2D eigenvalue weighted by Gasteiger charge is 1.65. The number of alkyl halides is 1. The SMILES string of the molecule is CCl.NC(=O)O.c1ccccc1. The molecule has 4 heteroatoms. The van der Waals surface area contributed by atoms with Gasteiger partial charge in [-0.25, -0.2) is 4.79 Å². The van der Waals surface area contributed by atoms with Gasteiger partial charge in [0.15, 0.2) is 0 Å². The summed E-state index contributed by atoms with van der Waals surface area (Å²) in [5, 5.41) is 7.19. The van der Waals surface area contributed by atoms with E-state index in [2.05, 4.69) is 17.3 Å². The summed E-state index contributed by atoms with van der Waals surface area (Å²) in [5.74, 6) is 0. The summed E-state index contributed by atoms with van der Waals surface area (Å²) >= 11 is 4.64. The number of hydrogen-bond donors (Lipinski definition) is 2. The lowest BCUT2D eigenvalue weighted by Gasteiger charge is -1.69. The Bertz CT molecular complexity index is 149. The molecule has 3 N–H and O–H groups in total. The first-order chi connectivity index (χ1) is 5.73. The largest absolute Gasteiger partial charge is 0.465 e. The molecule has 12 heavy (non-hydrogen) atoms. The van der Waals surface area contributed by atoms with Crippen molar-refractivity contribution >= 4 is 17.7 Å². The third-order valence-electron chi connectivity index (χ3n) is 0.667. The van der Waals surface area contributed by atoms with Crippen LogP contribution in [0, 0.1) is 0 Å². The molecule has 0 heterocycles. The second-order valence-corrected chi connectivity index (χ2v) is 1.49. The first-order valence-corrected chi connectivity index (χ1v) is 3.85. The van der Waals surface area contributed by atoms with Gasteiger partial charge in [0, 0.05) is 6.38 Å². The van der Waals surface area contributed by atoms with Gasteiger partial charge in [-0.1, -0.05) is 36.4 Å². The molecule has 1 aromatic carbocycles. The molecular formula is C8H12ClNO2. The number of hydrogen-bond acceptors (Lipinski definition) is 1. The van der Waals surface area contributed by atoms with Gasteiger partial charge in [0.05, 0.1) is 0 Å². The fraction of sp³-hybridized carbons (Fsp3) is 0.125. The zero-order valence-electron chi connectivity index (χ0n) is 6.77. The first-order valence-electron chi connectivity index (χ1n) is 3.09. The number of halogens is 1. The van der Waals surface area contributed by atoms with Crippen molar-refractivity contribution in [1.29, 1.82) is 0 Å². The van der Waals surface area contributed by atoms with Crippen molar-refractivity contribution in [2.45, 2.75) is 0 Å². The Morgan fingerprint density at radius 1 is 1.08 bits per heavy atom. The highest BCUT2D eigenvalue weighted by molar-refractivity contribution is 6.15. The van der Waals surface area contributed by atoms with Gasteiger partial charge in [-0.05, 0) is 0 Å². The Kier molecular flexibility index (Phi) is 13.9. The van der Waals surface area contributed by atoms with E-state index in [1.807, 2.05) is 36.4 Å². The van der Waals surface area contributed by atoms with Crippen molar-refractivity contribution in [2.24, 2.45) is 5.73 Å². The van der Waals surface area contributed by atoms with E-state index in [1.54, 1.807) is 0 Å². The third-order valence-corrected chi connectivity index (χ3v) is 0.667. The van der Waals surface area contributed by atoms with Crippen LogP contribution in [0.25, 0.3) is 0 Å². The molecule has 0 saturated carbocycles. The van der Waals surface area contributed by atoms with E-state index in [1.165, 1.54) is 6.38 Å². The Morgan fingerprint density at radius 3 is 1.25 bits per heavy atom. The van der Waals surface area contributed by atoms with Crippen LogP contribution in [0.4, 0.5) is 4.79 Å². The Morgan fingerprint density at radius 2 is 1.17 bits per heavy atom. The molecule has 0 atom stereocenters. The smallest absolute Gasteiger partial charge is 0.402 e. The van der Waals surface area contributed by atoms with Crippen molar-refractivity contribution in [1.82, 2.24) is 0 Å². The molecule has 0 bridgehead atoms. The molecule has 0 aliphatic carbocycles. The zero-order chi connectivity index (χ0) is 9.82. The lowest BCUT2D eigenvalue weighted by molar-refractivity contribution is 0.205. The third kappa shape index (κ3) is 23.3. The van der Waals surface area contributed by atoms with E-state index in [0.29, 0.717) is 0 Å². The summed E-state index contributed by atoms with van der Waals surface area (Å²) in [6, 6.07) is 12.0. The normalized spacial score (nSPS) is 6.50. The Balaban J connectivity index is 0. The van der Waals surface area contributed by atoms with Gasteiger partial charge in [0.25, 0.3) is 0 Å². The molecule has 1 amide bonds. The van der Waals surface area contributed by atoms with Crippen LogP contribution in [-0.2, 0) is 0 Å². The van der Waals surface area contributed by atoms with E-state index < -0.39 is 6.09 Å². The standard InChI is InChI=1S/C6H6.CH3Cl.CH3NO2/c1-2-4-6-5-3-1;1-2;2-1(3)4/h1-6H;1H3;2H2,(H,3,4). The number of amides is 1. The van der Waals surface area contributed by atoms with Gasteiger partial charge in [-0.3, -0.25) is 0 Å². The minimum atomic E-state index is -1.33. The second-order valence-electron chi connectivity index (χ2n) is 1.49. The van der Waals surface area contributed by atoms with Crippen LogP contribution >= 0.6 is 11.6 Å². The number of carboxylic acid groups (broad SMARTS) is 1. The summed E-state index contributed by atoms with van der Waals surface area (Å²) < 4.78 is 0. The average Bonchev–Trinajstić information content (AvgIpc) is 2.10. The summed E-state index contributed by atoms with van der Waals surface area (Å²) in [4.78, 5) is 8.78. The van der Waals surface area contributed by atoms with Crippen molar-refractivity contribution in [3.8, 4) is 0 Å². The number of nitrogens with two attached hydrogens (primary N) is 1. The van der Waals surface area contributed by atoms with Crippen LogP contribution in [0.1, 0.15) is 0 Å². The number of carbonyl (C=O) groups is 1. The predicted octanol–water partition coefficient (Wildman–Crippen LogP) is 2.16. The van der Waals surface area contributed by atoms with Crippen LogP contribution in [0.2, 0.25) is 0 Å². The van der Waals surface area contributed by atoms with E-state index in [-0.39, 0.29) is 0 Å². The molecule has 1 rings (SSSR count). The maximum Gasteiger partial charge on any atom is 0.402 e. The van der Waals surface area contributed by atoms with E-state index in [9.17, 15) is 0 Å². The van der Waals surface area contributed by atoms with Crippen molar-refractivity contribution < 1.29 is 9.90 Å².